The number of nitrogens with zero attached hydrogens (tertiary/aromatic N) is 9. The van der Waals surface area contributed by atoms with Gasteiger partial charge in [-0.1, -0.05) is 12.1 Å². The van der Waals surface area contributed by atoms with Crippen LogP contribution >= 0.6 is 11.3 Å². The minimum absolute atomic E-state index is 0.00296. The van der Waals surface area contributed by atoms with Crippen LogP contribution in [0.15, 0.2) is 54.9 Å². The van der Waals surface area contributed by atoms with Gasteiger partial charge in [-0.3, -0.25) is 18.9 Å². The maximum atomic E-state index is 15.5. The monoisotopic (exact) mass is 899 g/mol. The van der Waals surface area contributed by atoms with Crippen LogP contribution in [0.4, 0.5) is 42.5 Å². The van der Waals surface area contributed by atoms with E-state index in [0.29, 0.717) is 54.0 Å². The van der Waals surface area contributed by atoms with Crippen LogP contribution in [0.2, 0.25) is 0 Å². The molecular formula is C39H32F7N11O3S2. The molecule has 7 aromatic rings. The Labute approximate surface area is 350 Å². The number of aromatic nitrogens is 8. The molecule has 2 aliphatic carbocycles. The van der Waals surface area contributed by atoms with E-state index in [2.05, 4.69) is 30.2 Å². The third kappa shape index (κ3) is 7.35. The number of fused-ring (bicyclic) bond motifs is 5. The Morgan fingerprint density at radius 3 is 2.40 bits per heavy atom. The van der Waals surface area contributed by atoms with E-state index in [0.717, 1.165) is 18.4 Å². The van der Waals surface area contributed by atoms with E-state index in [-0.39, 0.29) is 35.6 Å². The normalized spacial score (nSPS) is 17.3. The first-order valence-electron chi connectivity index (χ1n) is 18.7. The number of amides is 1. The fraction of sp³-hybridized carbons (Fsp3) is 0.308. The summed E-state index contributed by atoms with van der Waals surface area (Å²) in [6.07, 6.45) is -1.49. The second kappa shape index (κ2) is 14.4. The maximum absolute atomic E-state index is 15.5. The number of anilines is 2. The predicted molar refractivity (Wildman–Crippen MR) is 214 cm³/mol. The molecule has 1 unspecified atom stereocenters. The SMILES string of the molecule is CN(C)c1ncc(-c2nc3nc([C@H](Cc4cc(F)cc(F)c4)NC(=O)Cn4nc(C(F)(F)F)c5c4C(F)(F)C4C[C@H]54)c(-c4cccc5c(NS(C)(=O)=O)nn(C)c45)cc3s2)cn1. The van der Waals surface area contributed by atoms with Crippen molar-refractivity contribution in [2.24, 2.45) is 13.0 Å². The number of aryl methyl sites for hydroxylation is 1. The fourth-order valence-corrected chi connectivity index (χ4v) is 9.52. The van der Waals surface area contributed by atoms with Crippen LogP contribution in [-0.4, -0.2) is 74.2 Å². The number of para-hydroxylation sites is 1. The van der Waals surface area contributed by atoms with Gasteiger partial charge in [0.2, 0.25) is 21.9 Å². The molecule has 3 atom stereocenters. The zero-order chi connectivity index (χ0) is 44.2. The Bertz CT molecular complexity index is 3060. The summed E-state index contributed by atoms with van der Waals surface area (Å²) in [6, 6.07) is 7.96. The van der Waals surface area contributed by atoms with Crippen LogP contribution in [0.1, 0.15) is 46.6 Å². The van der Waals surface area contributed by atoms with Crippen molar-refractivity contribution in [3.63, 3.8) is 0 Å². The molecule has 5 heterocycles. The first-order chi connectivity index (χ1) is 29.2. The zero-order valence-electron chi connectivity index (χ0n) is 32.8. The lowest BCUT2D eigenvalue weighted by Crippen LogP contribution is -2.35. The highest BCUT2D eigenvalue weighted by Crippen LogP contribution is 2.68. The highest BCUT2D eigenvalue weighted by molar-refractivity contribution is 7.92. The summed E-state index contributed by atoms with van der Waals surface area (Å²) >= 11 is 1.22. The molecule has 9 rings (SSSR count). The molecule has 0 radical (unpaired) electrons. The van der Waals surface area contributed by atoms with E-state index in [1.165, 1.54) is 16.0 Å². The van der Waals surface area contributed by atoms with Crippen LogP contribution in [0.5, 0.6) is 0 Å². The Morgan fingerprint density at radius 2 is 1.74 bits per heavy atom. The number of carbonyl (C=O) groups excluding carboxylic acids is 1. The lowest BCUT2D eigenvalue weighted by Gasteiger charge is -2.23. The highest BCUT2D eigenvalue weighted by Gasteiger charge is 2.68. The lowest BCUT2D eigenvalue weighted by molar-refractivity contribution is -0.142. The number of carbonyl (C=O) groups is 1. The van der Waals surface area contributed by atoms with Gasteiger partial charge in [-0.2, -0.15) is 32.1 Å². The molecule has 2 aliphatic rings. The number of alkyl halides is 5. The van der Waals surface area contributed by atoms with Gasteiger partial charge < -0.3 is 10.2 Å². The number of benzene rings is 2. The zero-order valence-corrected chi connectivity index (χ0v) is 34.4. The van der Waals surface area contributed by atoms with Gasteiger partial charge in [0, 0.05) is 73.2 Å². The van der Waals surface area contributed by atoms with Crippen LogP contribution in [-0.2, 0) is 46.9 Å². The Morgan fingerprint density at radius 1 is 1.03 bits per heavy atom. The van der Waals surface area contributed by atoms with E-state index < -0.39 is 81.0 Å². The van der Waals surface area contributed by atoms with Gasteiger partial charge in [-0.15, -0.1) is 11.3 Å². The Balaban J connectivity index is 1.21. The molecular weight excluding hydrogens is 868 g/mol. The first-order valence-corrected chi connectivity index (χ1v) is 21.4. The van der Waals surface area contributed by atoms with E-state index in [4.69, 9.17) is 9.97 Å². The van der Waals surface area contributed by atoms with Crippen molar-refractivity contribution in [2.75, 3.05) is 30.0 Å². The molecule has 5 aromatic heterocycles. The third-order valence-electron chi connectivity index (χ3n) is 10.7. The summed E-state index contributed by atoms with van der Waals surface area (Å²) in [4.78, 5) is 34.1. The molecule has 62 heavy (non-hydrogen) atoms. The molecule has 1 fully saturated rings. The number of hydrogen-bond donors (Lipinski definition) is 2. The van der Waals surface area contributed by atoms with Crippen molar-refractivity contribution in [1.29, 1.82) is 0 Å². The molecule has 0 bridgehead atoms. The van der Waals surface area contributed by atoms with Crippen molar-refractivity contribution in [2.45, 2.75) is 43.4 Å². The topological polar surface area (TPSA) is 166 Å². The van der Waals surface area contributed by atoms with Crippen LogP contribution in [0.3, 0.4) is 0 Å². The molecule has 1 amide bonds. The summed E-state index contributed by atoms with van der Waals surface area (Å²) in [5, 5.41) is 11.4. The van der Waals surface area contributed by atoms with Crippen LogP contribution in [0.25, 0.3) is 42.9 Å². The standard InChI is InChI=1S/C39H32F7N11O3S2/c1-55(2)37-47-14-18(15-48-37)36-51-35-27(61-36)13-23(21-6-5-7-22-31(21)56(3)53-34(22)54-62(4,59)60)30(50-35)26(10-17-8-19(40)11-20(41)9-17)49-28(58)16-57-33-29(32(52-57)39(44,45)46)24-12-25(24)38(33,42)43/h5-9,11,13-15,24-26H,10,12,16H2,1-4H3,(H,49,58)(H,53,54)/t24-,25?,26-/m0/s1. The third-order valence-corrected chi connectivity index (χ3v) is 12.3. The van der Waals surface area contributed by atoms with Gasteiger partial charge in [0.1, 0.15) is 28.9 Å². The first kappa shape index (κ1) is 41.1. The summed E-state index contributed by atoms with van der Waals surface area (Å²) in [7, 11) is 1.32. The molecule has 23 heteroatoms. The smallest absolute Gasteiger partial charge is 0.347 e. The van der Waals surface area contributed by atoms with Crippen LogP contribution < -0.4 is 14.9 Å². The van der Waals surface area contributed by atoms with E-state index >= 15 is 8.78 Å². The van der Waals surface area contributed by atoms with Crippen molar-refractivity contribution in [3.8, 4) is 21.7 Å². The van der Waals surface area contributed by atoms with Crippen molar-refractivity contribution < 1.29 is 43.9 Å². The van der Waals surface area contributed by atoms with Gasteiger partial charge >= 0.3 is 6.18 Å². The number of thiazole rings is 1. The van der Waals surface area contributed by atoms with Gasteiger partial charge in [-0.05, 0) is 48.6 Å². The summed E-state index contributed by atoms with van der Waals surface area (Å²) in [6.45, 7) is -1.07. The molecule has 2 aromatic carbocycles. The highest BCUT2D eigenvalue weighted by atomic mass is 32.2. The molecule has 0 aliphatic heterocycles. The number of rotatable bonds is 11. The number of nitrogens with one attached hydrogen (secondary N) is 2. The minimum atomic E-state index is -5.08. The minimum Gasteiger partial charge on any atom is -0.347 e. The van der Waals surface area contributed by atoms with Gasteiger partial charge in [-0.25, -0.2) is 37.1 Å². The summed E-state index contributed by atoms with van der Waals surface area (Å²) < 4.78 is 132. The number of hydrogen-bond acceptors (Lipinski definition) is 11. The average molecular weight is 900 g/mol. The number of pyridine rings is 1. The lowest BCUT2D eigenvalue weighted by atomic mass is 9.94. The quantitative estimate of drug-likeness (QED) is 0.130. The Kier molecular flexibility index (Phi) is 9.57. The second-order valence-corrected chi connectivity index (χ2v) is 18.2. The van der Waals surface area contributed by atoms with Crippen molar-refractivity contribution in [3.05, 3.63) is 94.7 Å². The Hall–Kier alpha value is -6.23. The second-order valence-electron chi connectivity index (χ2n) is 15.4. The maximum Gasteiger partial charge on any atom is 0.435 e. The van der Waals surface area contributed by atoms with Crippen LogP contribution in [0, 0.1) is 17.6 Å². The molecule has 322 valence electrons. The van der Waals surface area contributed by atoms with Crippen molar-refractivity contribution >= 4 is 60.3 Å². The fourth-order valence-electron chi connectivity index (χ4n) is 8.10. The summed E-state index contributed by atoms with van der Waals surface area (Å²) in [5.41, 5.74) is -1.23. The average Bonchev–Trinajstić information content (AvgIpc) is 3.44. The number of halogens is 7. The molecule has 14 nitrogen and oxygen atoms in total. The predicted octanol–water partition coefficient (Wildman–Crippen LogP) is 6.94. The van der Waals surface area contributed by atoms with Crippen molar-refractivity contribution in [1.82, 2.24) is 44.8 Å². The van der Waals surface area contributed by atoms with E-state index in [1.807, 2.05) is 0 Å². The van der Waals surface area contributed by atoms with Gasteiger partial charge in [0.05, 0.1) is 28.2 Å². The summed E-state index contributed by atoms with van der Waals surface area (Å²) in [5.74, 6) is -8.59. The number of sulfonamides is 1. The van der Waals surface area contributed by atoms with Gasteiger partial charge in [0.15, 0.2) is 17.2 Å². The molecule has 0 saturated heterocycles. The molecule has 0 spiro atoms. The van der Waals surface area contributed by atoms with Gasteiger partial charge in [0.25, 0.3) is 5.92 Å². The largest absolute Gasteiger partial charge is 0.435 e. The van der Waals surface area contributed by atoms with E-state index in [1.54, 1.807) is 62.7 Å². The van der Waals surface area contributed by atoms with E-state index in [9.17, 15) is 35.2 Å². The molecule has 2 N–H and O–H groups in total. The molecule has 1 saturated carbocycles.